The van der Waals surface area contributed by atoms with E-state index in [2.05, 4.69) is 22.2 Å². The topological polar surface area (TPSA) is 90.1 Å². The molecule has 1 aromatic heterocycles. The Kier molecular flexibility index (Phi) is 4.93. The molecule has 0 fully saturated rings. The minimum Gasteiger partial charge on any atom is -0.490 e. The van der Waals surface area contributed by atoms with Crippen LogP contribution in [0.3, 0.4) is 0 Å². The van der Waals surface area contributed by atoms with Crippen LogP contribution in [0.2, 0.25) is 0 Å². The van der Waals surface area contributed by atoms with Crippen molar-refractivity contribution in [2.24, 2.45) is 0 Å². The number of nitrogens with two attached hydrogens (primary N) is 1. The van der Waals surface area contributed by atoms with Gasteiger partial charge in [0.15, 0.2) is 5.82 Å². The van der Waals surface area contributed by atoms with Gasteiger partial charge in [-0.25, -0.2) is 9.97 Å². The van der Waals surface area contributed by atoms with Gasteiger partial charge in [-0.2, -0.15) is 0 Å². The molecule has 0 saturated carbocycles. The molecule has 0 aliphatic rings. The van der Waals surface area contributed by atoms with Gasteiger partial charge in [0.25, 0.3) is 5.91 Å². The lowest BCUT2D eigenvalue weighted by atomic mass is 10.1. The second-order valence-electron chi connectivity index (χ2n) is 4.90. The Morgan fingerprint density at radius 3 is 2.77 bits per heavy atom. The zero-order valence-electron chi connectivity index (χ0n) is 13.0. The molecule has 1 aromatic carbocycles. The van der Waals surface area contributed by atoms with E-state index in [0.29, 0.717) is 11.6 Å². The number of aromatic nitrogens is 2. The Bertz CT molecular complexity index is 673. The summed E-state index contributed by atoms with van der Waals surface area (Å²) in [5.74, 6) is 0.962. The Hall–Kier alpha value is -2.63. The van der Waals surface area contributed by atoms with Crippen molar-refractivity contribution in [1.82, 2.24) is 15.3 Å². The van der Waals surface area contributed by atoms with E-state index in [9.17, 15) is 4.79 Å². The van der Waals surface area contributed by atoms with E-state index >= 15 is 0 Å². The molecular formula is C16H20N4O2. The number of carbonyl (C=O) groups is 1. The lowest BCUT2D eigenvalue weighted by Crippen LogP contribution is -2.20. The van der Waals surface area contributed by atoms with Crippen LogP contribution in [0.5, 0.6) is 5.75 Å². The van der Waals surface area contributed by atoms with Crippen LogP contribution in [0.1, 0.15) is 30.6 Å². The average molecular weight is 300 g/mol. The lowest BCUT2D eigenvalue weighted by Gasteiger charge is -2.15. The number of para-hydroxylation sites is 1. The molecule has 1 atom stereocenters. The number of nitrogens with one attached hydrogen (secondary N) is 1. The molecule has 2 rings (SSSR count). The van der Waals surface area contributed by atoms with Crippen molar-refractivity contribution in [3.8, 4) is 17.1 Å². The minimum atomic E-state index is -0.312. The number of carbonyl (C=O) groups excluding carboxylic acids is 1. The van der Waals surface area contributed by atoms with E-state index in [-0.39, 0.29) is 23.4 Å². The number of benzene rings is 1. The Labute approximate surface area is 129 Å². The fourth-order valence-electron chi connectivity index (χ4n) is 1.89. The maximum absolute atomic E-state index is 11.6. The molecule has 1 unspecified atom stereocenters. The van der Waals surface area contributed by atoms with Gasteiger partial charge in [-0.3, -0.25) is 4.79 Å². The van der Waals surface area contributed by atoms with E-state index in [1.54, 1.807) is 0 Å². The van der Waals surface area contributed by atoms with Crippen LogP contribution in [-0.4, -0.2) is 29.0 Å². The third-order valence-electron chi connectivity index (χ3n) is 3.32. The Balaban J connectivity index is 2.40. The zero-order chi connectivity index (χ0) is 16.1. The molecule has 3 N–H and O–H groups in total. The molecule has 0 bridgehead atoms. The highest BCUT2D eigenvalue weighted by molar-refractivity contribution is 5.98. The summed E-state index contributed by atoms with van der Waals surface area (Å²) in [5, 5.41) is 2.50. The quantitative estimate of drug-likeness (QED) is 0.884. The molecule has 22 heavy (non-hydrogen) atoms. The molecule has 2 aromatic rings. The molecule has 0 radical (unpaired) electrons. The normalized spacial score (nSPS) is 11.8. The maximum Gasteiger partial charge on any atom is 0.256 e. The molecule has 0 aliphatic carbocycles. The van der Waals surface area contributed by atoms with Crippen molar-refractivity contribution in [3.63, 3.8) is 0 Å². The van der Waals surface area contributed by atoms with Crippen molar-refractivity contribution in [1.29, 1.82) is 0 Å². The van der Waals surface area contributed by atoms with Crippen molar-refractivity contribution in [3.05, 3.63) is 36.0 Å². The maximum atomic E-state index is 11.6. The van der Waals surface area contributed by atoms with E-state index in [4.69, 9.17) is 10.5 Å². The molecule has 0 saturated heterocycles. The van der Waals surface area contributed by atoms with Crippen LogP contribution < -0.4 is 15.8 Å². The van der Waals surface area contributed by atoms with Crippen molar-refractivity contribution in [2.45, 2.75) is 26.4 Å². The number of amides is 1. The Morgan fingerprint density at radius 2 is 2.14 bits per heavy atom. The lowest BCUT2D eigenvalue weighted by molar-refractivity contribution is 0.0963. The summed E-state index contributed by atoms with van der Waals surface area (Å²) in [7, 11) is 1.53. The molecule has 1 amide bonds. The van der Waals surface area contributed by atoms with Gasteiger partial charge in [-0.05, 0) is 25.5 Å². The van der Waals surface area contributed by atoms with E-state index in [1.165, 1.54) is 13.2 Å². The van der Waals surface area contributed by atoms with Gasteiger partial charge in [0, 0.05) is 13.2 Å². The summed E-state index contributed by atoms with van der Waals surface area (Å²) in [5.41, 5.74) is 6.86. The predicted molar refractivity (Wildman–Crippen MR) is 85.7 cm³/mol. The van der Waals surface area contributed by atoms with Crippen LogP contribution in [0.4, 0.5) is 5.82 Å². The molecule has 1 heterocycles. The van der Waals surface area contributed by atoms with Gasteiger partial charge in [0.1, 0.15) is 11.6 Å². The zero-order valence-corrected chi connectivity index (χ0v) is 13.0. The van der Waals surface area contributed by atoms with Crippen LogP contribution in [0.25, 0.3) is 11.4 Å². The predicted octanol–water partition coefficient (Wildman–Crippen LogP) is 2.26. The highest BCUT2D eigenvalue weighted by atomic mass is 16.5. The third-order valence-corrected chi connectivity index (χ3v) is 3.32. The van der Waals surface area contributed by atoms with Crippen molar-refractivity contribution < 1.29 is 9.53 Å². The van der Waals surface area contributed by atoms with Gasteiger partial charge in [0.05, 0.1) is 17.2 Å². The molecule has 6 heteroatoms. The van der Waals surface area contributed by atoms with Crippen LogP contribution in [0, 0.1) is 0 Å². The Morgan fingerprint density at radius 1 is 1.41 bits per heavy atom. The first-order valence-corrected chi connectivity index (χ1v) is 7.17. The van der Waals surface area contributed by atoms with E-state index in [1.807, 2.05) is 31.2 Å². The molecular weight excluding hydrogens is 280 g/mol. The molecule has 0 spiro atoms. The third kappa shape index (κ3) is 3.33. The first kappa shape index (κ1) is 15.8. The highest BCUT2D eigenvalue weighted by Crippen LogP contribution is 2.29. The average Bonchev–Trinajstić information content (AvgIpc) is 2.54. The number of anilines is 1. The van der Waals surface area contributed by atoms with Crippen LogP contribution in [0.15, 0.2) is 30.5 Å². The van der Waals surface area contributed by atoms with Gasteiger partial charge in [-0.15, -0.1) is 0 Å². The second-order valence-corrected chi connectivity index (χ2v) is 4.90. The van der Waals surface area contributed by atoms with Gasteiger partial charge >= 0.3 is 0 Å². The first-order chi connectivity index (χ1) is 10.6. The summed E-state index contributed by atoms with van der Waals surface area (Å²) < 4.78 is 5.89. The largest absolute Gasteiger partial charge is 0.490 e. The summed E-state index contributed by atoms with van der Waals surface area (Å²) in [6.07, 6.45) is 2.41. The number of hydrogen-bond acceptors (Lipinski definition) is 5. The van der Waals surface area contributed by atoms with Crippen molar-refractivity contribution in [2.75, 3.05) is 12.8 Å². The smallest absolute Gasteiger partial charge is 0.256 e. The minimum absolute atomic E-state index is 0.0867. The van der Waals surface area contributed by atoms with Crippen molar-refractivity contribution >= 4 is 11.7 Å². The highest BCUT2D eigenvalue weighted by Gasteiger charge is 2.15. The monoisotopic (exact) mass is 300 g/mol. The van der Waals surface area contributed by atoms with E-state index in [0.717, 1.165) is 12.0 Å². The van der Waals surface area contributed by atoms with E-state index < -0.39 is 0 Å². The van der Waals surface area contributed by atoms with Gasteiger partial charge < -0.3 is 15.8 Å². The summed E-state index contributed by atoms with van der Waals surface area (Å²) in [4.78, 5) is 20.1. The summed E-state index contributed by atoms with van der Waals surface area (Å²) in [6, 6.07) is 7.51. The second kappa shape index (κ2) is 6.89. The number of nitrogens with zero attached hydrogens (tertiary/aromatic N) is 2. The van der Waals surface area contributed by atoms with Gasteiger partial charge in [-0.1, -0.05) is 19.1 Å². The molecule has 116 valence electrons. The SMILES string of the molecule is CCC(C)Oc1ccccc1-c1ncc(C(=O)NC)c(N)n1. The number of rotatable bonds is 5. The van der Waals surface area contributed by atoms with Gasteiger partial charge in [0.2, 0.25) is 0 Å². The summed E-state index contributed by atoms with van der Waals surface area (Å²) in [6.45, 7) is 4.06. The van der Waals surface area contributed by atoms with Crippen LogP contribution >= 0.6 is 0 Å². The first-order valence-electron chi connectivity index (χ1n) is 7.17. The number of hydrogen-bond donors (Lipinski definition) is 2. The molecule has 6 nitrogen and oxygen atoms in total. The number of nitrogen functional groups attached to an aromatic ring is 1. The standard InChI is InChI=1S/C16H20N4O2/c1-4-10(2)22-13-8-6-5-7-11(13)15-19-9-12(14(17)20-15)16(21)18-3/h5-10H,4H2,1-3H3,(H,18,21)(H2,17,19,20). The fourth-order valence-corrected chi connectivity index (χ4v) is 1.89. The van der Waals surface area contributed by atoms with Crippen LogP contribution in [-0.2, 0) is 0 Å². The molecule has 0 aliphatic heterocycles. The fraction of sp³-hybridized carbons (Fsp3) is 0.312. The number of ether oxygens (including phenoxy) is 1. The summed E-state index contributed by atoms with van der Waals surface area (Å²) >= 11 is 0.